The van der Waals surface area contributed by atoms with Gasteiger partial charge in [0, 0.05) is 18.8 Å². The van der Waals surface area contributed by atoms with E-state index >= 15 is 0 Å². The van der Waals surface area contributed by atoms with E-state index in [0.717, 1.165) is 5.56 Å². The first-order valence-electron chi connectivity index (χ1n) is 9.81. The lowest BCUT2D eigenvalue weighted by Crippen LogP contribution is -2.20. The van der Waals surface area contributed by atoms with Gasteiger partial charge in [-0.25, -0.2) is 0 Å². The number of unbranched alkanes of at least 4 members (excludes halogenated alkanes) is 1. The number of hydrogen-bond acceptors (Lipinski definition) is 5. The number of carboxylic acids is 1. The predicted octanol–water partition coefficient (Wildman–Crippen LogP) is 4.46. The molecule has 1 aromatic heterocycles. The van der Waals surface area contributed by atoms with Gasteiger partial charge in [-0.1, -0.05) is 47.5 Å². The van der Waals surface area contributed by atoms with Gasteiger partial charge in [0.2, 0.25) is 0 Å². The minimum Gasteiger partial charge on any atom is -0.481 e. The number of aliphatic hydroxyl groups excluding tert-OH is 3. The summed E-state index contributed by atoms with van der Waals surface area (Å²) >= 11 is 13.3. The number of carbonyl (C=O) groups is 1. The van der Waals surface area contributed by atoms with Crippen LogP contribution in [0.25, 0.3) is 0 Å². The monoisotopic (exact) mass is 462 g/mol. The van der Waals surface area contributed by atoms with Gasteiger partial charge < -0.3 is 20.4 Å². The predicted molar refractivity (Wildman–Crippen MR) is 117 cm³/mol. The van der Waals surface area contributed by atoms with Gasteiger partial charge in [-0.15, -0.1) is 11.3 Å². The summed E-state index contributed by atoms with van der Waals surface area (Å²) in [5.74, 6) is -1.17. The molecule has 1 heterocycles. The first-order chi connectivity index (χ1) is 13.8. The zero-order chi connectivity index (χ0) is 21.4. The minimum absolute atomic E-state index is 0.130. The van der Waals surface area contributed by atoms with E-state index in [4.69, 9.17) is 28.3 Å². The maximum atomic E-state index is 10.5. The highest BCUT2D eigenvalue weighted by atomic mass is 35.5. The SMILES string of the molecule is O=C(O)CCCC=CC[C@@H]1[C@@H](C=C[C@@H](O)CCc2cc(Cl)sc2Cl)[C@H](O)C[C@@H]1O. The van der Waals surface area contributed by atoms with Crippen molar-refractivity contribution in [2.45, 2.75) is 63.3 Å². The summed E-state index contributed by atoms with van der Waals surface area (Å²) < 4.78 is 1.26. The molecule has 0 amide bonds. The highest BCUT2D eigenvalue weighted by Gasteiger charge is 2.39. The van der Waals surface area contributed by atoms with Crippen molar-refractivity contribution in [2.75, 3.05) is 0 Å². The molecule has 29 heavy (non-hydrogen) atoms. The Balaban J connectivity index is 1.84. The first kappa shape index (κ1) is 24.4. The van der Waals surface area contributed by atoms with Crippen LogP contribution in [-0.4, -0.2) is 44.7 Å². The first-order valence-corrected chi connectivity index (χ1v) is 11.4. The number of halogens is 2. The van der Waals surface area contributed by atoms with Crippen molar-refractivity contribution in [3.8, 4) is 0 Å². The third-order valence-electron chi connectivity index (χ3n) is 5.24. The molecule has 1 saturated carbocycles. The fourth-order valence-electron chi connectivity index (χ4n) is 3.65. The van der Waals surface area contributed by atoms with Gasteiger partial charge >= 0.3 is 5.97 Å². The fourth-order valence-corrected chi connectivity index (χ4v) is 5.19. The van der Waals surface area contributed by atoms with E-state index in [1.807, 2.05) is 12.2 Å². The molecular formula is C21H28Cl2O5S. The number of aliphatic hydroxyl groups is 3. The van der Waals surface area contributed by atoms with Gasteiger partial charge in [0.05, 0.1) is 27.0 Å². The van der Waals surface area contributed by atoms with Gasteiger partial charge in [-0.3, -0.25) is 4.79 Å². The van der Waals surface area contributed by atoms with Crippen LogP contribution in [0.2, 0.25) is 8.67 Å². The highest BCUT2D eigenvalue weighted by Crippen LogP contribution is 2.36. The van der Waals surface area contributed by atoms with E-state index in [2.05, 4.69) is 0 Å². The van der Waals surface area contributed by atoms with Crippen LogP contribution in [0.3, 0.4) is 0 Å². The summed E-state index contributed by atoms with van der Waals surface area (Å²) in [6.07, 6.45) is 8.80. The maximum Gasteiger partial charge on any atom is 0.303 e. The molecule has 5 nitrogen and oxygen atoms in total. The van der Waals surface area contributed by atoms with Crippen LogP contribution in [0, 0.1) is 11.8 Å². The number of aryl methyl sites for hydroxylation is 1. The molecule has 0 unspecified atom stereocenters. The molecule has 162 valence electrons. The number of allylic oxidation sites excluding steroid dienone is 2. The molecule has 4 N–H and O–H groups in total. The molecule has 1 fully saturated rings. The molecule has 0 aromatic carbocycles. The summed E-state index contributed by atoms with van der Waals surface area (Å²) in [5.41, 5.74) is 0.913. The third-order valence-corrected chi connectivity index (χ3v) is 6.81. The van der Waals surface area contributed by atoms with E-state index in [9.17, 15) is 20.1 Å². The fraction of sp³-hybridized carbons (Fsp3) is 0.571. The topological polar surface area (TPSA) is 98.0 Å². The molecule has 0 aliphatic heterocycles. The quantitative estimate of drug-likeness (QED) is 0.287. The molecule has 1 aromatic rings. The molecule has 8 heteroatoms. The number of thiophene rings is 1. The van der Waals surface area contributed by atoms with Crippen molar-refractivity contribution < 1.29 is 25.2 Å². The average molecular weight is 463 g/mol. The Bertz CT molecular complexity index is 718. The number of aliphatic carboxylic acids is 1. The molecule has 1 aliphatic carbocycles. The molecule has 5 atom stereocenters. The van der Waals surface area contributed by atoms with Crippen molar-refractivity contribution in [3.05, 3.63) is 44.6 Å². The van der Waals surface area contributed by atoms with Gasteiger partial charge in [-0.05, 0) is 49.7 Å². The van der Waals surface area contributed by atoms with Crippen molar-refractivity contribution >= 4 is 40.5 Å². The molecule has 0 radical (unpaired) electrons. The summed E-state index contributed by atoms with van der Waals surface area (Å²) in [6.45, 7) is 0. The van der Waals surface area contributed by atoms with Crippen molar-refractivity contribution in [1.29, 1.82) is 0 Å². The Morgan fingerprint density at radius 3 is 2.69 bits per heavy atom. The van der Waals surface area contributed by atoms with Crippen molar-refractivity contribution in [3.63, 3.8) is 0 Å². The Morgan fingerprint density at radius 1 is 1.28 bits per heavy atom. The van der Waals surface area contributed by atoms with Crippen LogP contribution in [0.15, 0.2) is 30.4 Å². The van der Waals surface area contributed by atoms with Crippen molar-refractivity contribution in [1.82, 2.24) is 0 Å². The van der Waals surface area contributed by atoms with E-state index in [1.165, 1.54) is 11.3 Å². The summed E-state index contributed by atoms with van der Waals surface area (Å²) in [4.78, 5) is 10.5. The second-order valence-electron chi connectivity index (χ2n) is 7.45. The zero-order valence-corrected chi connectivity index (χ0v) is 18.4. The standard InChI is InChI=1S/C21H28Cl2O5S/c22-19-11-13(21(23)29-19)7-8-14(24)9-10-16-15(17(25)12-18(16)26)5-3-1-2-4-6-20(27)28/h1,3,9-11,14-18,24-26H,2,4-8,12H2,(H,27,28)/t14-,15+,16+,17-,18+/m0/s1. The smallest absolute Gasteiger partial charge is 0.303 e. The van der Waals surface area contributed by atoms with E-state index < -0.39 is 24.3 Å². The molecule has 2 rings (SSSR count). The van der Waals surface area contributed by atoms with Crippen LogP contribution >= 0.6 is 34.5 Å². The average Bonchev–Trinajstić information content (AvgIpc) is 3.11. The zero-order valence-electron chi connectivity index (χ0n) is 16.1. The summed E-state index contributed by atoms with van der Waals surface area (Å²) in [6, 6.07) is 1.81. The molecular weight excluding hydrogens is 435 g/mol. The van der Waals surface area contributed by atoms with Crippen LogP contribution in [-0.2, 0) is 11.2 Å². The van der Waals surface area contributed by atoms with Crippen molar-refractivity contribution in [2.24, 2.45) is 11.8 Å². The summed E-state index contributed by atoms with van der Waals surface area (Å²) in [5, 5.41) is 39.4. The lowest BCUT2D eigenvalue weighted by atomic mass is 9.89. The highest BCUT2D eigenvalue weighted by molar-refractivity contribution is 7.20. The van der Waals surface area contributed by atoms with Gasteiger partial charge in [0.15, 0.2) is 0 Å². The third kappa shape index (κ3) is 8.04. The Kier molecular flexibility index (Phi) is 10.2. The Labute approximate surface area is 185 Å². The number of carboxylic acid groups (broad SMARTS) is 1. The Morgan fingerprint density at radius 2 is 2.03 bits per heavy atom. The normalized spacial score (nSPS) is 26.0. The molecule has 0 spiro atoms. The van der Waals surface area contributed by atoms with Gasteiger partial charge in [0.25, 0.3) is 0 Å². The lowest BCUT2D eigenvalue weighted by molar-refractivity contribution is -0.137. The van der Waals surface area contributed by atoms with Crippen LogP contribution < -0.4 is 0 Å². The number of hydrogen-bond donors (Lipinski definition) is 4. The van der Waals surface area contributed by atoms with E-state index in [0.29, 0.717) is 47.2 Å². The van der Waals surface area contributed by atoms with Gasteiger partial charge in [0.1, 0.15) is 0 Å². The summed E-state index contributed by atoms with van der Waals surface area (Å²) in [7, 11) is 0. The van der Waals surface area contributed by atoms with Crippen LogP contribution in [0.4, 0.5) is 0 Å². The molecule has 0 bridgehead atoms. The second kappa shape index (κ2) is 12.1. The number of rotatable bonds is 11. The molecule has 0 saturated heterocycles. The Hall–Kier alpha value is -0.890. The van der Waals surface area contributed by atoms with Crippen LogP contribution in [0.1, 0.15) is 44.1 Å². The van der Waals surface area contributed by atoms with Crippen LogP contribution in [0.5, 0.6) is 0 Å². The largest absolute Gasteiger partial charge is 0.481 e. The van der Waals surface area contributed by atoms with E-state index in [1.54, 1.807) is 18.2 Å². The minimum atomic E-state index is -0.805. The van der Waals surface area contributed by atoms with Gasteiger partial charge in [-0.2, -0.15) is 0 Å². The van der Waals surface area contributed by atoms with E-state index in [-0.39, 0.29) is 18.3 Å². The molecule has 1 aliphatic rings. The second-order valence-corrected chi connectivity index (χ2v) is 9.73. The lowest BCUT2D eigenvalue weighted by Gasteiger charge is -2.19. The maximum absolute atomic E-state index is 10.5.